The summed E-state index contributed by atoms with van der Waals surface area (Å²) in [5.74, 6) is -4.48. The highest BCUT2D eigenvalue weighted by Gasteiger charge is 2.52. The van der Waals surface area contributed by atoms with Crippen LogP contribution in [0.3, 0.4) is 0 Å². The second kappa shape index (κ2) is 12.9. The third kappa shape index (κ3) is 5.89. The van der Waals surface area contributed by atoms with Crippen molar-refractivity contribution in [3.8, 4) is 11.3 Å². The van der Waals surface area contributed by atoms with E-state index in [4.69, 9.17) is 30.5 Å². The standard InChI is InChI=1S/C31H27ClF3N5O5S/c1-42-28-26(40-14-21(37-38-40)17-10-19(33)24(35)20(34)11-17)27-22(15-43-30(45-27)16-6-3-2-4-7-16)44-31(28)46-23-12-18(32)13-36-25(23)29(41)39-8-5-9-39/h2-4,6-7,10-14,22,26-28,30-31H,5,8-9,15H2,1H3/t22?,26?,27-,28?,30?,31+/m0/s1. The van der Waals surface area contributed by atoms with Crippen molar-refractivity contribution in [2.45, 2.75) is 47.4 Å². The Morgan fingerprint density at radius 1 is 1.09 bits per heavy atom. The largest absolute Gasteiger partial charge is 0.375 e. The Labute approximate surface area is 270 Å². The monoisotopic (exact) mass is 673 g/mol. The van der Waals surface area contributed by atoms with Gasteiger partial charge >= 0.3 is 0 Å². The molecule has 3 saturated heterocycles. The van der Waals surface area contributed by atoms with Crippen LogP contribution < -0.4 is 0 Å². The SMILES string of the molecule is COC1C(n2cc(-c3cc(F)c(F)c(F)c3)nn2)[C@H]2OC(c3ccccc3)OCC2O[C@@H]1Sc1cc(Cl)cnc1C(=O)N1CCC1. The zero-order chi connectivity index (χ0) is 31.9. The van der Waals surface area contributed by atoms with E-state index in [2.05, 4.69) is 15.3 Å². The van der Waals surface area contributed by atoms with Crippen molar-refractivity contribution in [3.05, 3.63) is 94.7 Å². The fraction of sp³-hybridized carbons (Fsp3) is 0.355. The Morgan fingerprint density at radius 3 is 2.54 bits per heavy atom. The summed E-state index contributed by atoms with van der Waals surface area (Å²) < 4.78 is 68.5. The van der Waals surface area contributed by atoms with Crippen LogP contribution in [0.2, 0.25) is 5.02 Å². The zero-order valence-electron chi connectivity index (χ0n) is 24.3. The van der Waals surface area contributed by atoms with Crippen LogP contribution in [-0.4, -0.2) is 81.3 Å². The van der Waals surface area contributed by atoms with Crippen molar-refractivity contribution < 1.29 is 36.9 Å². The lowest BCUT2D eigenvalue weighted by Crippen LogP contribution is -2.59. The minimum atomic E-state index is -1.58. The van der Waals surface area contributed by atoms with E-state index in [0.717, 1.165) is 24.1 Å². The number of ether oxygens (including phenoxy) is 4. The van der Waals surface area contributed by atoms with Crippen molar-refractivity contribution in [1.29, 1.82) is 0 Å². The van der Waals surface area contributed by atoms with Crippen molar-refractivity contribution in [1.82, 2.24) is 24.9 Å². The molecular formula is C31H27ClF3N5O5S. The number of nitrogens with zero attached hydrogens (tertiary/aromatic N) is 5. The molecule has 0 bridgehead atoms. The molecule has 2 aromatic carbocycles. The van der Waals surface area contributed by atoms with Crippen LogP contribution in [0, 0.1) is 17.5 Å². The van der Waals surface area contributed by atoms with Crippen LogP contribution in [0.15, 0.2) is 65.8 Å². The van der Waals surface area contributed by atoms with Crippen molar-refractivity contribution in [2.24, 2.45) is 0 Å². The first-order chi connectivity index (χ1) is 22.3. The number of halogens is 4. The number of aromatic nitrogens is 4. The van der Waals surface area contributed by atoms with Crippen LogP contribution in [0.1, 0.15) is 34.8 Å². The van der Waals surface area contributed by atoms with E-state index in [9.17, 15) is 18.0 Å². The van der Waals surface area contributed by atoms with E-state index >= 15 is 0 Å². The molecule has 6 atom stereocenters. The lowest BCUT2D eigenvalue weighted by atomic mass is 9.95. The lowest BCUT2D eigenvalue weighted by Gasteiger charge is -2.48. The van der Waals surface area contributed by atoms with Crippen LogP contribution >= 0.6 is 23.4 Å². The number of pyridine rings is 1. The van der Waals surface area contributed by atoms with E-state index in [-0.39, 0.29) is 29.5 Å². The molecule has 0 radical (unpaired) electrons. The number of hydrogen-bond acceptors (Lipinski definition) is 9. The Kier molecular flexibility index (Phi) is 8.74. The highest BCUT2D eigenvalue weighted by atomic mass is 35.5. The Morgan fingerprint density at radius 2 is 1.85 bits per heavy atom. The predicted octanol–water partition coefficient (Wildman–Crippen LogP) is 5.44. The molecule has 1 amide bonds. The molecule has 0 aliphatic carbocycles. The van der Waals surface area contributed by atoms with E-state index in [1.807, 2.05) is 30.3 Å². The summed E-state index contributed by atoms with van der Waals surface area (Å²) in [5, 5.41) is 8.78. The smallest absolute Gasteiger partial charge is 0.273 e. The number of fused-ring (bicyclic) bond motifs is 1. The number of rotatable bonds is 7. The Balaban J connectivity index is 1.25. The van der Waals surface area contributed by atoms with Gasteiger partial charge < -0.3 is 23.8 Å². The average Bonchev–Trinajstić information content (AvgIpc) is 3.52. The number of likely N-dealkylation sites (tertiary alicyclic amines) is 1. The number of thioether (sulfide) groups is 1. The Bertz CT molecular complexity index is 1730. The minimum absolute atomic E-state index is 0.000333. The molecule has 0 spiro atoms. The van der Waals surface area contributed by atoms with Gasteiger partial charge in [-0.1, -0.05) is 58.9 Å². The van der Waals surface area contributed by atoms with Crippen LogP contribution in [-0.2, 0) is 18.9 Å². The van der Waals surface area contributed by atoms with Crippen molar-refractivity contribution in [3.63, 3.8) is 0 Å². The van der Waals surface area contributed by atoms with Crippen LogP contribution in [0.4, 0.5) is 13.2 Å². The molecule has 4 aromatic rings. The second-order valence-corrected chi connectivity index (χ2v) is 12.6. The lowest BCUT2D eigenvalue weighted by molar-refractivity contribution is -0.308. The number of carbonyl (C=O) groups is 1. The molecule has 7 rings (SSSR count). The molecular weight excluding hydrogens is 647 g/mol. The van der Waals surface area contributed by atoms with E-state index in [1.54, 1.807) is 11.0 Å². The van der Waals surface area contributed by atoms with E-state index in [0.29, 0.717) is 23.0 Å². The highest BCUT2D eigenvalue weighted by Crippen LogP contribution is 2.45. The van der Waals surface area contributed by atoms with Gasteiger partial charge in [0.1, 0.15) is 41.2 Å². The van der Waals surface area contributed by atoms with Gasteiger partial charge in [0, 0.05) is 42.4 Å². The fourth-order valence-corrected chi connectivity index (χ4v) is 7.24. The van der Waals surface area contributed by atoms with Gasteiger partial charge in [0.2, 0.25) is 0 Å². The molecule has 46 heavy (non-hydrogen) atoms. The van der Waals surface area contributed by atoms with Crippen LogP contribution in [0.25, 0.3) is 11.3 Å². The van der Waals surface area contributed by atoms with Gasteiger partial charge in [-0.05, 0) is 24.6 Å². The number of methoxy groups -OCH3 is 1. The van der Waals surface area contributed by atoms with Gasteiger partial charge in [-0.25, -0.2) is 22.8 Å². The molecule has 4 unspecified atom stereocenters. The second-order valence-electron chi connectivity index (χ2n) is 11.0. The topological polar surface area (TPSA) is 101 Å². The average molecular weight is 674 g/mol. The molecule has 15 heteroatoms. The molecule has 0 N–H and O–H groups in total. The first-order valence-electron chi connectivity index (χ1n) is 14.5. The third-order valence-corrected chi connectivity index (χ3v) is 9.54. The first kappa shape index (κ1) is 31.1. The number of benzene rings is 2. The molecule has 0 saturated carbocycles. The number of hydrogen-bond donors (Lipinski definition) is 0. The molecule has 10 nitrogen and oxygen atoms in total. The molecule has 3 fully saturated rings. The van der Waals surface area contributed by atoms with Gasteiger partial charge in [0.05, 0.1) is 17.8 Å². The van der Waals surface area contributed by atoms with Crippen molar-refractivity contribution >= 4 is 29.3 Å². The summed E-state index contributed by atoms with van der Waals surface area (Å²) in [7, 11) is 1.51. The number of carbonyl (C=O) groups excluding carboxylic acids is 1. The molecule has 3 aliphatic rings. The van der Waals surface area contributed by atoms with E-state index in [1.165, 1.54) is 35.9 Å². The van der Waals surface area contributed by atoms with Gasteiger partial charge in [-0.3, -0.25) is 4.79 Å². The summed E-state index contributed by atoms with van der Waals surface area (Å²) in [6.45, 7) is 1.44. The van der Waals surface area contributed by atoms with Crippen molar-refractivity contribution in [2.75, 3.05) is 26.8 Å². The maximum atomic E-state index is 14.1. The molecule has 240 valence electrons. The minimum Gasteiger partial charge on any atom is -0.375 e. The summed E-state index contributed by atoms with van der Waals surface area (Å²) in [6, 6.07) is 12.0. The Hall–Kier alpha value is -3.53. The van der Waals surface area contributed by atoms with Gasteiger partial charge in [0.15, 0.2) is 23.7 Å². The maximum Gasteiger partial charge on any atom is 0.273 e. The molecule has 3 aliphatic heterocycles. The molecule has 5 heterocycles. The summed E-state index contributed by atoms with van der Waals surface area (Å²) in [4.78, 5) is 19.8. The van der Waals surface area contributed by atoms with Gasteiger partial charge in [0.25, 0.3) is 5.91 Å². The maximum absolute atomic E-state index is 14.1. The molecule has 2 aromatic heterocycles. The summed E-state index contributed by atoms with van der Waals surface area (Å²) in [5.41, 5.74) is 0.400. The predicted molar refractivity (Wildman–Crippen MR) is 159 cm³/mol. The third-order valence-electron chi connectivity index (χ3n) is 8.16. The first-order valence-corrected chi connectivity index (χ1v) is 15.7. The zero-order valence-corrected chi connectivity index (χ0v) is 25.8. The fourth-order valence-electron chi connectivity index (χ4n) is 5.72. The normalized spacial score (nSPS) is 26.0. The van der Waals surface area contributed by atoms with E-state index < -0.39 is 53.5 Å². The number of amides is 1. The quantitative estimate of drug-likeness (QED) is 0.237. The summed E-state index contributed by atoms with van der Waals surface area (Å²) >= 11 is 7.55. The highest BCUT2D eigenvalue weighted by molar-refractivity contribution is 8.00. The van der Waals surface area contributed by atoms with Gasteiger partial charge in [-0.2, -0.15) is 0 Å². The summed E-state index contributed by atoms with van der Waals surface area (Å²) in [6.07, 6.45) is 1.05. The van der Waals surface area contributed by atoms with Gasteiger partial charge in [-0.15, -0.1) is 5.10 Å². The van der Waals surface area contributed by atoms with Crippen LogP contribution in [0.5, 0.6) is 0 Å².